The molecule has 11 heavy (non-hydrogen) atoms. The summed E-state index contributed by atoms with van der Waals surface area (Å²) in [5.74, 6) is 0. The predicted molar refractivity (Wildman–Crippen MR) is 35.9 cm³/mol. The van der Waals surface area contributed by atoms with E-state index in [2.05, 4.69) is 0 Å². The fourth-order valence-electron chi connectivity index (χ4n) is 0.619. The Morgan fingerprint density at radius 1 is 0.818 bits per heavy atom. The molecule has 2 nitrogen and oxygen atoms in total. The van der Waals surface area contributed by atoms with Gasteiger partial charge in [0, 0.05) is 16.8 Å². The topological polar surface area (TPSA) is 47.6 Å². The molecule has 1 rings (SSSR count). The Bertz CT molecular complexity index is 269. The Morgan fingerprint density at radius 3 is 1.27 bits per heavy atom. The van der Waals surface area contributed by atoms with Gasteiger partial charge in [0.1, 0.15) is 0 Å². The van der Waals surface area contributed by atoms with Gasteiger partial charge >= 0.3 is 0 Å². The van der Waals surface area contributed by atoms with Gasteiger partial charge in [-0.2, -0.15) is 10.5 Å². The molecule has 0 bridgehead atoms. The van der Waals surface area contributed by atoms with Crippen molar-refractivity contribution in [1.29, 1.82) is 10.5 Å². The Kier molecular flexibility index (Phi) is 3.98. The second-order valence-electron chi connectivity index (χ2n) is 1.80. The minimum absolute atomic E-state index is 0. The van der Waals surface area contributed by atoms with E-state index in [-0.39, 0.29) is 16.8 Å². The van der Waals surface area contributed by atoms with Gasteiger partial charge in [0.05, 0.1) is 23.3 Å². The summed E-state index contributed by atoms with van der Waals surface area (Å²) < 4.78 is 0. The van der Waals surface area contributed by atoms with Crippen molar-refractivity contribution in [3.05, 3.63) is 35.4 Å². The first-order valence-electron chi connectivity index (χ1n) is 2.77. The van der Waals surface area contributed by atoms with Crippen LogP contribution >= 0.6 is 0 Å². The summed E-state index contributed by atoms with van der Waals surface area (Å²) in [5, 5.41) is 16.7. The largest absolute Gasteiger partial charge is 0.192 e. The van der Waals surface area contributed by atoms with Crippen LogP contribution in [0.2, 0.25) is 0 Å². The van der Waals surface area contributed by atoms with Crippen LogP contribution in [0.15, 0.2) is 24.3 Å². The van der Waals surface area contributed by atoms with Gasteiger partial charge in [-0.15, -0.1) is 0 Å². The number of hydrogen-bond donors (Lipinski definition) is 0. The Hall–Kier alpha value is -1.29. The van der Waals surface area contributed by atoms with E-state index in [1.165, 1.54) is 0 Å². The molecule has 0 spiro atoms. The van der Waals surface area contributed by atoms with Crippen LogP contribution in [0.4, 0.5) is 0 Å². The summed E-state index contributed by atoms with van der Waals surface area (Å²) in [6.07, 6.45) is 0. The molecule has 1 aromatic rings. The predicted octanol–water partition coefficient (Wildman–Crippen LogP) is 1.43. The Labute approximate surface area is 75.3 Å². The second kappa shape index (κ2) is 4.51. The molecule has 0 fully saturated rings. The fraction of sp³-hybridized carbons (Fsp3) is 0. The molecule has 0 aliphatic rings. The van der Waals surface area contributed by atoms with E-state index in [0.717, 1.165) is 0 Å². The molecule has 0 aromatic heterocycles. The van der Waals surface area contributed by atoms with Crippen molar-refractivity contribution in [1.82, 2.24) is 0 Å². The van der Waals surface area contributed by atoms with Crippen molar-refractivity contribution < 1.29 is 16.8 Å². The average Bonchev–Trinajstić information content (AvgIpc) is 2.05. The molecule has 0 aliphatic heterocycles. The van der Waals surface area contributed by atoms with E-state index >= 15 is 0 Å². The third-order valence-electron chi connectivity index (χ3n) is 1.14. The second-order valence-corrected chi connectivity index (χ2v) is 1.80. The van der Waals surface area contributed by atoms with Crippen LogP contribution in [0, 0.1) is 22.7 Å². The van der Waals surface area contributed by atoms with E-state index in [9.17, 15) is 0 Å². The third kappa shape index (κ3) is 2.43. The number of nitriles is 2. The molecule has 0 saturated carbocycles. The van der Waals surface area contributed by atoms with Gasteiger partial charge in [-0.3, -0.25) is 0 Å². The van der Waals surface area contributed by atoms with Crippen molar-refractivity contribution >= 4 is 0 Å². The van der Waals surface area contributed by atoms with Crippen LogP contribution in [0.3, 0.4) is 0 Å². The average molecular weight is 187 g/mol. The van der Waals surface area contributed by atoms with Crippen molar-refractivity contribution in [3.63, 3.8) is 0 Å². The molecule has 0 amide bonds. The summed E-state index contributed by atoms with van der Waals surface area (Å²) in [6.45, 7) is 0. The minimum Gasteiger partial charge on any atom is -0.192 e. The SMILES string of the molecule is N#Cc1ccc(C#N)cc1.[Co]. The first-order valence-corrected chi connectivity index (χ1v) is 2.77. The number of hydrogen-bond acceptors (Lipinski definition) is 2. The molecule has 1 aromatic carbocycles. The van der Waals surface area contributed by atoms with Gasteiger partial charge in [-0.1, -0.05) is 0 Å². The standard InChI is InChI=1S/C8H4N2.Co/c9-5-7-1-2-8(6-10)4-3-7;/h1-4H;. The van der Waals surface area contributed by atoms with E-state index in [4.69, 9.17) is 10.5 Å². The van der Waals surface area contributed by atoms with Gasteiger partial charge < -0.3 is 0 Å². The van der Waals surface area contributed by atoms with Crippen molar-refractivity contribution in [3.8, 4) is 12.1 Å². The van der Waals surface area contributed by atoms with Gasteiger partial charge in [0.25, 0.3) is 0 Å². The molecular formula is C8H4CoN2. The van der Waals surface area contributed by atoms with E-state index < -0.39 is 0 Å². The van der Waals surface area contributed by atoms with Gasteiger partial charge in [0.2, 0.25) is 0 Å². The Morgan fingerprint density at radius 2 is 1.09 bits per heavy atom. The zero-order chi connectivity index (χ0) is 7.40. The first kappa shape index (κ1) is 9.71. The minimum atomic E-state index is 0. The number of nitrogens with zero attached hydrogens (tertiary/aromatic N) is 2. The molecule has 1 radical (unpaired) electrons. The fourth-order valence-corrected chi connectivity index (χ4v) is 0.619. The summed E-state index contributed by atoms with van der Waals surface area (Å²) in [5.41, 5.74) is 1.16. The summed E-state index contributed by atoms with van der Waals surface area (Å²) >= 11 is 0. The molecule has 0 unspecified atom stereocenters. The van der Waals surface area contributed by atoms with Gasteiger partial charge in [0.15, 0.2) is 0 Å². The van der Waals surface area contributed by atoms with Crippen molar-refractivity contribution in [2.45, 2.75) is 0 Å². The normalized spacial score (nSPS) is 7.09. The summed E-state index contributed by atoms with van der Waals surface area (Å²) in [4.78, 5) is 0. The molecule has 0 N–H and O–H groups in total. The molecule has 0 aliphatic carbocycles. The van der Waals surface area contributed by atoms with Crippen LogP contribution in [-0.4, -0.2) is 0 Å². The molecule has 3 heteroatoms. The van der Waals surface area contributed by atoms with Crippen molar-refractivity contribution in [2.24, 2.45) is 0 Å². The van der Waals surface area contributed by atoms with Crippen LogP contribution < -0.4 is 0 Å². The maximum Gasteiger partial charge on any atom is 0.0991 e. The monoisotopic (exact) mass is 187 g/mol. The number of benzene rings is 1. The zero-order valence-corrected chi connectivity index (χ0v) is 6.58. The molecule has 55 valence electrons. The van der Waals surface area contributed by atoms with Crippen molar-refractivity contribution in [2.75, 3.05) is 0 Å². The van der Waals surface area contributed by atoms with Crippen LogP contribution in [0.5, 0.6) is 0 Å². The number of rotatable bonds is 0. The summed E-state index contributed by atoms with van der Waals surface area (Å²) in [7, 11) is 0. The Balaban J connectivity index is 0.000001000. The van der Waals surface area contributed by atoms with E-state index in [1.54, 1.807) is 24.3 Å². The van der Waals surface area contributed by atoms with Crippen LogP contribution in [-0.2, 0) is 16.8 Å². The third-order valence-corrected chi connectivity index (χ3v) is 1.14. The van der Waals surface area contributed by atoms with Gasteiger partial charge in [-0.05, 0) is 24.3 Å². The van der Waals surface area contributed by atoms with Crippen LogP contribution in [0.25, 0.3) is 0 Å². The molecule has 0 heterocycles. The molecule has 0 atom stereocenters. The van der Waals surface area contributed by atoms with E-state index in [0.29, 0.717) is 11.1 Å². The van der Waals surface area contributed by atoms with E-state index in [1.807, 2.05) is 12.1 Å². The quantitative estimate of drug-likeness (QED) is 0.616. The smallest absolute Gasteiger partial charge is 0.0991 e. The molecule has 0 saturated heterocycles. The first-order chi connectivity index (χ1) is 4.86. The maximum absolute atomic E-state index is 8.37. The molecular weight excluding hydrogens is 183 g/mol. The maximum atomic E-state index is 8.37. The van der Waals surface area contributed by atoms with Gasteiger partial charge in [-0.25, -0.2) is 0 Å². The zero-order valence-electron chi connectivity index (χ0n) is 5.54. The van der Waals surface area contributed by atoms with Crippen LogP contribution in [0.1, 0.15) is 11.1 Å². The summed E-state index contributed by atoms with van der Waals surface area (Å²) in [6, 6.07) is 10.4.